The Labute approximate surface area is 141 Å². The summed E-state index contributed by atoms with van der Waals surface area (Å²) < 4.78 is 5.78. The number of hydrogen-bond acceptors (Lipinski definition) is 4. The summed E-state index contributed by atoms with van der Waals surface area (Å²) in [7, 11) is 0. The van der Waals surface area contributed by atoms with Gasteiger partial charge in [0.05, 0.1) is 6.10 Å². The molecule has 6 heteroatoms. The van der Waals surface area contributed by atoms with Crippen molar-refractivity contribution < 1.29 is 14.6 Å². The zero-order chi connectivity index (χ0) is 16.4. The first-order valence-electron chi connectivity index (χ1n) is 8.21. The molecule has 2 heterocycles. The van der Waals surface area contributed by atoms with Gasteiger partial charge in [-0.05, 0) is 30.2 Å². The van der Waals surface area contributed by atoms with Gasteiger partial charge in [-0.15, -0.1) is 0 Å². The Kier molecular flexibility index (Phi) is 5.09. The van der Waals surface area contributed by atoms with Crippen LogP contribution in [0.5, 0.6) is 5.75 Å². The maximum absolute atomic E-state index is 12.6. The molecular weight excluding hydrogens is 316 g/mol. The largest absolute Gasteiger partial charge is 0.480 e. The molecule has 0 unspecified atom stereocenters. The number of piperazine rings is 1. The molecule has 0 aromatic heterocycles. The number of carbonyl (C=O) groups excluding carboxylic acids is 1. The number of nitrogens with zero attached hydrogens (tertiary/aromatic N) is 2. The minimum Gasteiger partial charge on any atom is -0.480 e. The molecule has 0 aliphatic carbocycles. The highest BCUT2D eigenvalue weighted by Crippen LogP contribution is 2.31. The molecule has 0 bridgehead atoms. The molecule has 2 aliphatic rings. The van der Waals surface area contributed by atoms with Crippen LogP contribution < -0.4 is 4.74 Å². The molecule has 23 heavy (non-hydrogen) atoms. The summed E-state index contributed by atoms with van der Waals surface area (Å²) in [4.78, 5) is 16.7. The van der Waals surface area contributed by atoms with E-state index in [1.54, 1.807) is 6.07 Å². The molecule has 0 spiro atoms. The van der Waals surface area contributed by atoms with E-state index < -0.39 is 6.10 Å². The standard InChI is InChI=1S/C17H23ClN2O3/c1-2-14(21)11-19-5-7-20(8-6-19)17(22)16-10-12-9-13(18)3-4-15(12)23-16/h3-4,9,14,16,21H,2,5-8,10-11H2,1H3/t14-,16+/m0/s1. The van der Waals surface area contributed by atoms with E-state index >= 15 is 0 Å². The third-order valence-corrected chi connectivity index (χ3v) is 4.83. The van der Waals surface area contributed by atoms with Gasteiger partial charge in [0.25, 0.3) is 5.91 Å². The van der Waals surface area contributed by atoms with Crippen molar-refractivity contribution in [3.05, 3.63) is 28.8 Å². The number of aliphatic hydroxyl groups is 1. The van der Waals surface area contributed by atoms with Crippen LogP contribution in [-0.2, 0) is 11.2 Å². The Morgan fingerprint density at radius 2 is 2.13 bits per heavy atom. The van der Waals surface area contributed by atoms with E-state index in [-0.39, 0.29) is 12.0 Å². The molecule has 1 N–H and O–H groups in total. The van der Waals surface area contributed by atoms with Crippen LogP contribution in [0.2, 0.25) is 5.02 Å². The number of benzene rings is 1. The SMILES string of the molecule is CC[C@H](O)CN1CCN(C(=O)[C@H]2Cc3cc(Cl)ccc3O2)CC1. The van der Waals surface area contributed by atoms with Crippen LogP contribution in [0.3, 0.4) is 0 Å². The van der Waals surface area contributed by atoms with E-state index in [1.165, 1.54) is 0 Å². The van der Waals surface area contributed by atoms with Crippen LogP contribution in [0, 0.1) is 0 Å². The summed E-state index contributed by atoms with van der Waals surface area (Å²) >= 11 is 5.99. The van der Waals surface area contributed by atoms with Crippen LogP contribution in [0.1, 0.15) is 18.9 Å². The zero-order valence-corrected chi connectivity index (χ0v) is 14.1. The summed E-state index contributed by atoms with van der Waals surface area (Å²) in [5.41, 5.74) is 1.00. The average molecular weight is 339 g/mol. The van der Waals surface area contributed by atoms with Gasteiger partial charge >= 0.3 is 0 Å². The van der Waals surface area contributed by atoms with Gasteiger partial charge in [0.2, 0.25) is 0 Å². The van der Waals surface area contributed by atoms with E-state index in [9.17, 15) is 9.90 Å². The Balaban J connectivity index is 1.53. The zero-order valence-electron chi connectivity index (χ0n) is 13.4. The second-order valence-electron chi connectivity index (χ2n) is 6.25. The molecule has 1 fully saturated rings. The number of carbonyl (C=O) groups is 1. The van der Waals surface area contributed by atoms with Gasteiger partial charge in [0.15, 0.2) is 6.10 Å². The molecule has 1 saturated heterocycles. The van der Waals surface area contributed by atoms with E-state index in [0.717, 1.165) is 30.8 Å². The molecule has 126 valence electrons. The minimum atomic E-state index is -0.434. The third kappa shape index (κ3) is 3.79. The highest BCUT2D eigenvalue weighted by atomic mass is 35.5. The van der Waals surface area contributed by atoms with Crippen molar-refractivity contribution in [3.8, 4) is 5.75 Å². The minimum absolute atomic E-state index is 0.0491. The number of amides is 1. The number of rotatable bonds is 4. The molecule has 1 aromatic carbocycles. The Hall–Kier alpha value is -1.30. The lowest BCUT2D eigenvalue weighted by Gasteiger charge is -2.36. The van der Waals surface area contributed by atoms with Gasteiger partial charge in [-0.3, -0.25) is 9.69 Å². The smallest absolute Gasteiger partial charge is 0.264 e. The van der Waals surface area contributed by atoms with Gasteiger partial charge in [-0.2, -0.15) is 0 Å². The lowest BCUT2D eigenvalue weighted by molar-refractivity contribution is -0.139. The molecule has 1 aromatic rings. The van der Waals surface area contributed by atoms with Gasteiger partial charge in [-0.1, -0.05) is 18.5 Å². The molecule has 3 rings (SSSR count). The maximum Gasteiger partial charge on any atom is 0.264 e. The Morgan fingerprint density at radius 3 is 2.83 bits per heavy atom. The first-order valence-corrected chi connectivity index (χ1v) is 8.59. The second kappa shape index (κ2) is 7.07. The van der Waals surface area contributed by atoms with Crippen molar-refractivity contribution in [2.75, 3.05) is 32.7 Å². The van der Waals surface area contributed by atoms with Gasteiger partial charge in [0, 0.05) is 44.2 Å². The van der Waals surface area contributed by atoms with Crippen molar-refractivity contribution in [2.45, 2.75) is 32.0 Å². The highest BCUT2D eigenvalue weighted by molar-refractivity contribution is 6.30. The molecule has 5 nitrogen and oxygen atoms in total. The van der Waals surface area contributed by atoms with Crippen molar-refractivity contribution >= 4 is 17.5 Å². The van der Waals surface area contributed by atoms with Gasteiger partial charge < -0.3 is 14.7 Å². The van der Waals surface area contributed by atoms with Crippen molar-refractivity contribution in [3.63, 3.8) is 0 Å². The first kappa shape index (κ1) is 16.6. The maximum atomic E-state index is 12.6. The molecule has 1 amide bonds. The first-order chi connectivity index (χ1) is 11.1. The lowest BCUT2D eigenvalue weighted by atomic mass is 10.1. The normalized spacial score (nSPS) is 22.6. The predicted octanol–water partition coefficient (Wildman–Crippen LogP) is 1.56. The quantitative estimate of drug-likeness (QED) is 0.905. The summed E-state index contributed by atoms with van der Waals surface area (Å²) in [5.74, 6) is 0.811. The fourth-order valence-electron chi connectivity index (χ4n) is 3.14. The Morgan fingerprint density at radius 1 is 1.39 bits per heavy atom. The number of halogens is 1. The monoisotopic (exact) mass is 338 g/mol. The predicted molar refractivity (Wildman–Crippen MR) is 88.9 cm³/mol. The summed E-state index contributed by atoms with van der Waals surface area (Å²) in [6, 6.07) is 5.48. The van der Waals surface area contributed by atoms with E-state index in [0.29, 0.717) is 31.1 Å². The Bertz CT molecular complexity index is 573. The van der Waals surface area contributed by atoms with E-state index in [1.807, 2.05) is 24.0 Å². The van der Waals surface area contributed by atoms with Gasteiger partial charge in [-0.25, -0.2) is 0 Å². The summed E-state index contributed by atoms with van der Waals surface area (Å²) in [6.07, 6.45) is 0.630. The van der Waals surface area contributed by atoms with Crippen LogP contribution in [0.15, 0.2) is 18.2 Å². The van der Waals surface area contributed by atoms with E-state index in [4.69, 9.17) is 16.3 Å². The van der Waals surface area contributed by atoms with Crippen LogP contribution in [0.25, 0.3) is 0 Å². The molecule has 0 saturated carbocycles. The molecular formula is C17H23ClN2O3. The fraction of sp³-hybridized carbons (Fsp3) is 0.588. The summed E-state index contributed by atoms with van der Waals surface area (Å²) in [5, 5.41) is 10.4. The number of aliphatic hydroxyl groups excluding tert-OH is 1. The number of ether oxygens (including phenoxy) is 1. The molecule has 2 aliphatic heterocycles. The van der Waals surface area contributed by atoms with Gasteiger partial charge in [0.1, 0.15) is 5.75 Å². The fourth-order valence-corrected chi connectivity index (χ4v) is 3.33. The third-order valence-electron chi connectivity index (χ3n) is 4.60. The molecule has 2 atom stereocenters. The average Bonchev–Trinajstić information content (AvgIpc) is 2.97. The van der Waals surface area contributed by atoms with Crippen LogP contribution in [-0.4, -0.2) is 65.7 Å². The topological polar surface area (TPSA) is 53.0 Å². The van der Waals surface area contributed by atoms with Crippen LogP contribution >= 0.6 is 11.6 Å². The number of fused-ring (bicyclic) bond motifs is 1. The summed E-state index contributed by atoms with van der Waals surface area (Å²) in [6.45, 7) is 5.63. The number of hydrogen-bond donors (Lipinski definition) is 1. The van der Waals surface area contributed by atoms with E-state index in [2.05, 4.69) is 4.90 Å². The van der Waals surface area contributed by atoms with Crippen molar-refractivity contribution in [2.24, 2.45) is 0 Å². The lowest BCUT2D eigenvalue weighted by Crippen LogP contribution is -2.53. The van der Waals surface area contributed by atoms with Crippen LogP contribution in [0.4, 0.5) is 0 Å². The second-order valence-corrected chi connectivity index (χ2v) is 6.69. The molecule has 0 radical (unpaired) electrons. The van der Waals surface area contributed by atoms with Crippen molar-refractivity contribution in [1.82, 2.24) is 9.80 Å². The highest BCUT2D eigenvalue weighted by Gasteiger charge is 2.34. The number of β-amino-alcohol motifs (C(OH)–C–C–N with tert-alkyl or cyclic N) is 1. The van der Waals surface area contributed by atoms with Crippen molar-refractivity contribution in [1.29, 1.82) is 0 Å².